The Morgan fingerprint density at radius 3 is 2.50 bits per heavy atom. The number of carbonyl (C=O) groups excluding carboxylic acids is 2. The lowest BCUT2D eigenvalue weighted by molar-refractivity contribution is -0.111. The molecule has 0 aliphatic rings. The van der Waals surface area contributed by atoms with Gasteiger partial charge in [0.15, 0.2) is 0 Å². The van der Waals surface area contributed by atoms with Gasteiger partial charge in [-0.1, -0.05) is 18.2 Å². The lowest BCUT2D eigenvalue weighted by Crippen LogP contribution is -2.12. The van der Waals surface area contributed by atoms with Crippen molar-refractivity contribution in [1.29, 1.82) is 0 Å². The van der Waals surface area contributed by atoms with Crippen molar-refractivity contribution in [2.45, 2.75) is 20.0 Å². The number of esters is 1. The summed E-state index contributed by atoms with van der Waals surface area (Å²) in [6.45, 7) is 3.58. The number of hydrogen-bond donors (Lipinski definition) is 1. The van der Waals surface area contributed by atoms with Crippen molar-refractivity contribution < 1.29 is 18.7 Å². The monoisotopic (exact) mass is 349 g/mol. The summed E-state index contributed by atoms with van der Waals surface area (Å²) >= 11 is 0. The highest BCUT2D eigenvalue weighted by molar-refractivity contribution is 6.02. The van der Waals surface area contributed by atoms with E-state index in [0.29, 0.717) is 17.0 Å². The molecule has 5 heteroatoms. The van der Waals surface area contributed by atoms with E-state index in [9.17, 15) is 9.59 Å². The maximum atomic E-state index is 12.0. The van der Waals surface area contributed by atoms with Crippen molar-refractivity contribution in [3.63, 3.8) is 0 Å². The van der Waals surface area contributed by atoms with E-state index in [1.165, 1.54) is 6.08 Å². The first-order chi connectivity index (χ1) is 12.5. The minimum Gasteiger partial charge on any atom is -0.459 e. The average Bonchev–Trinajstić information content (AvgIpc) is 3.03. The van der Waals surface area contributed by atoms with Crippen LogP contribution in [0.25, 0.3) is 17.0 Å². The van der Waals surface area contributed by atoms with Gasteiger partial charge < -0.3 is 14.5 Å². The molecule has 0 atom stereocenters. The van der Waals surface area contributed by atoms with Crippen LogP contribution in [-0.4, -0.2) is 18.0 Å². The van der Waals surface area contributed by atoms with E-state index in [1.54, 1.807) is 44.2 Å². The molecule has 3 rings (SSSR count). The van der Waals surface area contributed by atoms with Crippen LogP contribution in [0.15, 0.2) is 65.1 Å². The predicted octanol–water partition coefficient (Wildman–Crippen LogP) is 4.65. The van der Waals surface area contributed by atoms with Gasteiger partial charge in [-0.15, -0.1) is 0 Å². The zero-order valence-electron chi connectivity index (χ0n) is 14.6. The molecule has 1 aromatic heterocycles. The summed E-state index contributed by atoms with van der Waals surface area (Å²) < 4.78 is 10.7. The molecule has 2 aromatic carbocycles. The molecule has 0 unspecified atom stereocenters. The van der Waals surface area contributed by atoms with E-state index < -0.39 is 0 Å². The number of hydrogen-bond acceptors (Lipinski definition) is 4. The number of benzene rings is 2. The molecule has 0 radical (unpaired) electrons. The Kier molecular flexibility index (Phi) is 5.17. The number of anilines is 1. The Labute approximate surface area is 151 Å². The third kappa shape index (κ3) is 4.39. The number of ether oxygens (including phenoxy) is 1. The number of para-hydroxylation sites is 1. The molecular formula is C21H19NO4. The van der Waals surface area contributed by atoms with Crippen LogP contribution in [0, 0.1) is 0 Å². The highest BCUT2D eigenvalue weighted by Gasteiger charge is 2.09. The van der Waals surface area contributed by atoms with Crippen LogP contribution in [0.3, 0.4) is 0 Å². The van der Waals surface area contributed by atoms with Gasteiger partial charge >= 0.3 is 5.97 Å². The number of fused-ring (bicyclic) bond motifs is 1. The first-order valence-electron chi connectivity index (χ1n) is 8.30. The minimum absolute atomic E-state index is 0.176. The van der Waals surface area contributed by atoms with E-state index >= 15 is 0 Å². The van der Waals surface area contributed by atoms with E-state index in [4.69, 9.17) is 9.15 Å². The summed E-state index contributed by atoms with van der Waals surface area (Å²) in [6.07, 6.45) is 2.84. The Morgan fingerprint density at radius 2 is 1.81 bits per heavy atom. The summed E-state index contributed by atoms with van der Waals surface area (Å²) in [5.74, 6) is -0.0706. The second-order valence-corrected chi connectivity index (χ2v) is 6.04. The zero-order valence-corrected chi connectivity index (χ0v) is 14.6. The van der Waals surface area contributed by atoms with Crippen LogP contribution in [0.1, 0.15) is 30.0 Å². The Balaban J connectivity index is 1.61. The first kappa shape index (κ1) is 17.5. The lowest BCUT2D eigenvalue weighted by Gasteiger charge is -2.08. The Bertz CT molecular complexity index is 919. The lowest BCUT2D eigenvalue weighted by atomic mass is 10.2. The van der Waals surface area contributed by atoms with Crippen LogP contribution >= 0.6 is 0 Å². The average molecular weight is 349 g/mol. The van der Waals surface area contributed by atoms with Crippen LogP contribution in [0.2, 0.25) is 0 Å². The van der Waals surface area contributed by atoms with E-state index in [1.807, 2.05) is 30.3 Å². The molecule has 1 heterocycles. The Hall–Kier alpha value is -3.34. The molecule has 1 N–H and O–H groups in total. The van der Waals surface area contributed by atoms with Crippen molar-refractivity contribution in [3.8, 4) is 0 Å². The van der Waals surface area contributed by atoms with Crippen LogP contribution in [0.4, 0.5) is 5.69 Å². The molecule has 0 bridgehead atoms. The largest absolute Gasteiger partial charge is 0.459 e. The molecule has 1 amide bonds. The maximum absolute atomic E-state index is 12.0. The van der Waals surface area contributed by atoms with Gasteiger partial charge in [-0.25, -0.2) is 4.79 Å². The highest BCUT2D eigenvalue weighted by Crippen LogP contribution is 2.19. The molecule has 0 saturated heterocycles. The number of furan rings is 1. The number of carbonyl (C=O) groups is 2. The summed E-state index contributed by atoms with van der Waals surface area (Å²) in [7, 11) is 0. The van der Waals surface area contributed by atoms with E-state index in [2.05, 4.69) is 5.32 Å². The standard InChI is InChI=1S/C21H19NO4/c1-14(2)25-21(24)15-7-9-17(10-8-15)22-20(23)12-11-18-13-16-5-3-4-6-19(16)26-18/h3-14H,1-2H3,(H,22,23). The summed E-state index contributed by atoms with van der Waals surface area (Å²) in [6, 6.07) is 16.1. The maximum Gasteiger partial charge on any atom is 0.338 e. The van der Waals surface area contributed by atoms with Crippen LogP contribution in [0.5, 0.6) is 0 Å². The van der Waals surface area contributed by atoms with Crippen LogP contribution < -0.4 is 5.32 Å². The van der Waals surface area contributed by atoms with Crippen molar-refractivity contribution in [2.75, 3.05) is 5.32 Å². The third-order valence-electron chi connectivity index (χ3n) is 3.57. The molecular weight excluding hydrogens is 330 g/mol. The third-order valence-corrected chi connectivity index (χ3v) is 3.57. The molecule has 5 nitrogen and oxygen atoms in total. The fourth-order valence-corrected chi connectivity index (χ4v) is 2.40. The van der Waals surface area contributed by atoms with Gasteiger partial charge in [0.05, 0.1) is 11.7 Å². The molecule has 0 saturated carbocycles. The Morgan fingerprint density at radius 1 is 1.08 bits per heavy atom. The van der Waals surface area contributed by atoms with Gasteiger partial charge in [-0.3, -0.25) is 4.79 Å². The van der Waals surface area contributed by atoms with Gasteiger partial charge in [-0.2, -0.15) is 0 Å². The summed E-state index contributed by atoms with van der Waals surface area (Å²) in [4.78, 5) is 23.8. The second kappa shape index (κ2) is 7.70. The van der Waals surface area contributed by atoms with Crippen molar-refractivity contribution in [2.24, 2.45) is 0 Å². The van der Waals surface area contributed by atoms with E-state index in [-0.39, 0.29) is 18.0 Å². The predicted molar refractivity (Wildman–Crippen MR) is 101 cm³/mol. The topological polar surface area (TPSA) is 68.5 Å². The van der Waals surface area contributed by atoms with Crippen molar-refractivity contribution >= 4 is 34.6 Å². The normalized spacial score (nSPS) is 11.2. The van der Waals surface area contributed by atoms with Gasteiger partial charge in [0.1, 0.15) is 11.3 Å². The highest BCUT2D eigenvalue weighted by atomic mass is 16.5. The van der Waals surface area contributed by atoms with E-state index in [0.717, 1.165) is 11.0 Å². The fourth-order valence-electron chi connectivity index (χ4n) is 2.40. The molecule has 0 aliphatic heterocycles. The quantitative estimate of drug-likeness (QED) is 0.538. The zero-order chi connectivity index (χ0) is 18.5. The second-order valence-electron chi connectivity index (χ2n) is 6.04. The SMILES string of the molecule is CC(C)OC(=O)c1ccc(NC(=O)C=Cc2cc3ccccc3o2)cc1. The minimum atomic E-state index is -0.386. The fraction of sp³-hybridized carbons (Fsp3) is 0.143. The molecule has 0 fully saturated rings. The number of rotatable bonds is 5. The van der Waals surface area contributed by atoms with Gasteiger partial charge in [0.2, 0.25) is 5.91 Å². The summed E-state index contributed by atoms with van der Waals surface area (Å²) in [5, 5.41) is 3.72. The molecule has 3 aromatic rings. The van der Waals surface area contributed by atoms with Gasteiger partial charge in [0, 0.05) is 17.1 Å². The smallest absolute Gasteiger partial charge is 0.338 e. The molecule has 0 aliphatic carbocycles. The van der Waals surface area contributed by atoms with Gasteiger partial charge in [-0.05, 0) is 56.3 Å². The van der Waals surface area contributed by atoms with Gasteiger partial charge in [0.25, 0.3) is 0 Å². The molecule has 0 spiro atoms. The number of amides is 1. The summed E-state index contributed by atoms with van der Waals surface area (Å²) in [5.41, 5.74) is 1.80. The number of nitrogens with one attached hydrogen (secondary N) is 1. The van der Waals surface area contributed by atoms with Crippen molar-refractivity contribution in [3.05, 3.63) is 72.0 Å². The molecule has 132 valence electrons. The van der Waals surface area contributed by atoms with Crippen LogP contribution in [-0.2, 0) is 9.53 Å². The first-order valence-corrected chi connectivity index (χ1v) is 8.30. The van der Waals surface area contributed by atoms with Crippen molar-refractivity contribution in [1.82, 2.24) is 0 Å². The molecule has 26 heavy (non-hydrogen) atoms.